The summed E-state index contributed by atoms with van der Waals surface area (Å²) < 4.78 is 62.8. The summed E-state index contributed by atoms with van der Waals surface area (Å²) in [6, 6.07) is 11.5. The second-order valence-corrected chi connectivity index (χ2v) is 11.4. The van der Waals surface area contributed by atoms with E-state index in [-0.39, 0.29) is 41.5 Å². The highest BCUT2D eigenvalue weighted by atomic mass is 32.2. The van der Waals surface area contributed by atoms with E-state index in [1.54, 1.807) is 19.1 Å². The predicted molar refractivity (Wildman–Crippen MR) is 129 cm³/mol. The van der Waals surface area contributed by atoms with Crippen molar-refractivity contribution < 1.29 is 35.9 Å². The normalized spacial score (nSPS) is 14.8. The average molecular weight is 526 g/mol. The minimum absolute atomic E-state index is 0.00409. The standard InChI is InChI=1S/C22H27N3O8S2/c1-3-33-22(27)19-6-4-5-7-20(19)23-21(26)16-25(34(2,28)29)17-8-10-18(11-9-17)35(30,31)24-12-14-32-15-13-24/h4-11H,3,12-16H2,1-2H3,(H,23,26). The summed E-state index contributed by atoms with van der Waals surface area (Å²) in [5.41, 5.74) is 0.421. The number of nitrogens with zero attached hydrogens (tertiary/aromatic N) is 2. The van der Waals surface area contributed by atoms with Crippen LogP contribution in [0.5, 0.6) is 0 Å². The lowest BCUT2D eigenvalue weighted by Gasteiger charge is -2.26. The topological polar surface area (TPSA) is 139 Å². The van der Waals surface area contributed by atoms with Gasteiger partial charge in [-0.1, -0.05) is 12.1 Å². The molecule has 0 spiro atoms. The van der Waals surface area contributed by atoms with E-state index in [1.807, 2.05) is 0 Å². The van der Waals surface area contributed by atoms with Crippen LogP contribution < -0.4 is 9.62 Å². The first-order valence-corrected chi connectivity index (χ1v) is 14.0. The Balaban J connectivity index is 1.80. The van der Waals surface area contributed by atoms with Crippen molar-refractivity contribution in [1.29, 1.82) is 0 Å². The third kappa shape index (κ3) is 6.57. The number of esters is 1. The molecule has 0 saturated carbocycles. The first kappa shape index (κ1) is 26.6. The van der Waals surface area contributed by atoms with Crippen molar-refractivity contribution in [3.8, 4) is 0 Å². The van der Waals surface area contributed by atoms with Gasteiger partial charge in [0.15, 0.2) is 0 Å². The van der Waals surface area contributed by atoms with E-state index in [4.69, 9.17) is 9.47 Å². The van der Waals surface area contributed by atoms with E-state index in [1.165, 1.54) is 40.7 Å². The van der Waals surface area contributed by atoms with Crippen LogP contribution in [0.25, 0.3) is 0 Å². The number of amides is 1. The van der Waals surface area contributed by atoms with E-state index in [0.717, 1.165) is 10.6 Å². The van der Waals surface area contributed by atoms with Crippen LogP contribution in [0.3, 0.4) is 0 Å². The van der Waals surface area contributed by atoms with Crippen LogP contribution in [-0.2, 0) is 34.3 Å². The van der Waals surface area contributed by atoms with E-state index >= 15 is 0 Å². The fraction of sp³-hybridized carbons (Fsp3) is 0.364. The van der Waals surface area contributed by atoms with Crippen molar-refractivity contribution in [1.82, 2.24) is 4.31 Å². The molecule has 1 heterocycles. The molecule has 1 amide bonds. The summed E-state index contributed by atoms with van der Waals surface area (Å²) in [6.07, 6.45) is 0.936. The quantitative estimate of drug-likeness (QED) is 0.483. The molecule has 1 aliphatic rings. The van der Waals surface area contributed by atoms with Crippen LogP contribution in [0.1, 0.15) is 17.3 Å². The van der Waals surface area contributed by atoms with Crippen LogP contribution in [0.2, 0.25) is 0 Å². The van der Waals surface area contributed by atoms with E-state index in [0.29, 0.717) is 13.2 Å². The van der Waals surface area contributed by atoms with E-state index < -0.39 is 38.5 Å². The molecule has 0 bridgehead atoms. The Morgan fingerprint density at radius 3 is 2.26 bits per heavy atom. The lowest BCUT2D eigenvalue weighted by atomic mass is 10.2. The van der Waals surface area contributed by atoms with Gasteiger partial charge in [0.1, 0.15) is 6.54 Å². The molecule has 0 unspecified atom stereocenters. The van der Waals surface area contributed by atoms with Gasteiger partial charge in [0, 0.05) is 13.1 Å². The number of sulfonamides is 2. The molecule has 1 aliphatic heterocycles. The van der Waals surface area contributed by atoms with Gasteiger partial charge in [0.25, 0.3) is 0 Å². The van der Waals surface area contributed by atoms with E-state index in [9.17, 15) is 26.4 Å². The average Bonchev–Trinajstić information content (AvgIpc) is 2.83. The third-order valence-electron chi connectivity index (χ3n) is 5.12. The second kappa shape index (κ2) is 11.2. The molecule has 2 aromatic carbocycles. The van der Waals surface area contributed by atoms with Gasteiger partial charge in [-0.25, -0.2) is 21.6 Å². The minimum Gasteiger partial charge on any atom is -0.462 e. The molecule has 1 N–H and O–H groups in total. The summed E-state index contributed by atoms with van der Waals surface area (Å²) in [4.78, 5) is 24.9. The first-order chi connectivity index (χ1) is 16.5. The molecule has 0 aliphatic carbocycles. The highest BCUT2D eigenvalue weighted by Gasteiger charge is 2.27. The zero-order chi connectivity index (χ0) is 25.6. The molecule has 1 saturated heterocycles. The van der Waals surface area contributed by atoms with Gasteiger partial charge in [0.2, 0.25) is 26.0 Å². The van der Waals surface area contributed by atoms with Gasteiger partial charge in [-0.15, -0.1) is 0 Å². The van der Waals surface area contributed by atoms with Crippen molar-refractivity contribution in [2.45, 2.75) is 11.8 Å². The molecule has 0 atom stereocenters. The summed E-state index contributed by atoms with van der Waals surface area (Å²) in [6.45, 7) is 2.27. The molecule has 35 heavy (non-hydrogen) atoms. The van der Waals surface area contributed by atoms with Crippen LogP contribution >= 0.6 is 0 Å². The lowest BCUT2D eigenvalue weighted by Crippen LogP contribution is -2.40. The maximum atomic E-state index is 12.8. The number of hydrogen-bond acceptors (Lipinski definition) is 8. The number of hydrogen-bond donors (Lipinski definition) is 1. The Labute approximate surface area is 204 Å². The van der Waals surface area contributed by atoms with Crippen LogP contribution in [-0.4, -0.2) is 78.7 Å². The zero-order valence-electron chi connectivity index (χ0n) is 19.3. The Bertz CT molecular complexity index is 1270. The number of rotatable bonds is 9. The first-order valence-electron chi connectivity index (χ1n) is 10.8. The van der Waals surface area contributed by atoms with Crippen LogP contribution in [0.4, 0.5) is 11.4 Å². The lowest BCUT2D eigenvalue weighted by molar-refractivity contribution is -0.114. The summed E-state index contributed by atoms with van der Waals surface area (Å²) in [5.74, 6) is -1.32. The van der Waals surface area contributed by atoms with Crippen molar-refractivity contribution in [2.24, 2.45) is 0 Å². The fourth-order valence-electron chi connectivity index (χ4n) is 3.42. The maximum absolute atomic E-state index is 12.8. The molecule has 3 rings (SSSR count). The Morgan fingerprint density at radius 1 is 1.03 bits per heavy atom. The van der Waals surface area contributed by atoms with E-state index in [2.05, 4.69) is 5.32 Å². The monoisotopic (exact) mass is 525 g/mol. The van der Waals surface area contributed by atoms with Gasteiger partial charge in [0.05, 0.1) is 47.9 Å². The minimum atomic E-state index is -3.90. The van der Waals surface area contributed by atoms with Crippen LogP contribution in [0.15, 0.2) is 53.4 Å². The number of carbonyl (C=O) groups excluding carboxylic acids is 2. The molecular formula is C22H27N3O8S2. The number of anilines is 2. The highest BCUT2D eigenvalue weighted by Crippen LogP contribution is 2.24. The number of nitrogens with one attached hydrogen (secondary N) is 1. The smallest absolute Gasteiger partial charge is 0.340 e. The number of para-hydroxylation sites is 1. The third-order valence-corrected chi connectivity index (χ3v) is 8.17. The van der Waals surface area contributed by atoms with Crippen molar-refractivity contribution >= 4 is 43.3 Å². The number of carbonyl (C=O) groups is 2. The molecule has 13 heteroatoms. The van der Waals surface area contributed by atoms with Gasteiger partial charge >= 0.3 is 5.97 Å². The van der Waals surface area contributed by atoms with Gasteiger partial charge in [-0.05, 0) is 43.3 Å². The molecule has 0 radical (unpaired) electrons. The summed E-state index contributed by atoms with van der Waals surface area (Å²) in [5, 5.41) is 2.54. The number of benzene rings is 2. The number of ether oxygens (including phenoxy) is 2. The number of morpholine rings is 1. The Hall–Kier alpha value is -3.00. The fourth-order valence-corrected chi connectivity index (χ4v) is 5.68. The summed E-state index contributed by atoms with van der Waals surface area (Å²) in [7, 11) is -7.66. The predicted octanol–water partition coefficient (Wildman–Crippen LogP) is 1.29. The highest BCUT2D eigenvalue weighted by molar-refractivity contribution is 7.92. The SMILES string of the molecule is CCOC(=O)c1ccccc1NC(=O)CN(c1ccc(S(=O)(=O)N2CCOCC2)cc1)S(C)(=O)=O. The van der Waals surface area contributed by atoms with Gasteiger partial charge < -0.3 is 14.8 Å². The molecule has 0 aromatic heterocycles. The second-order valence-electron chi connectivity index (χ2n) is 7.59. The molecule has 190 valence electrons. The molecule has 1 fully saturated rings. The Kier molecular flexibility index (Phi) is 8.48. The van der Waals surface area contributed by atoms with Gasteiger partial charge in [-0.3, -0.25) is 9.10 Å². The molecule has 2 aromatic rings. The largest absolute Gasteiger partial charge is 0.462 e. The van der Waals surface area contributed by atoms with Gasteiger partial charge in [-0.2, -0.15) is 4.31 Å². The summed E-state index contributed by atoms with van der Waals surface area (Å²) >= 11 is 0. The van der Waals surface area contributed by atoms with Crippen LogP contribution in [0, 0.1) is 0 Å². The van der Waals surface area contributed by atoms with Crippen molar-refractivity contribution in [2.75, 3.05) is 55.3 Å². The molecule has 11 nitrogen and oxygen atoms in total. The maximum Gasteiger partial charge on any atom is 0.340 e. The van der Waals surface area contributed by atoms with Crippen molar-refractivity contribution in [3.63, 3.8) is 0 Å². The van der Waals surface area contributed by atoms with Crippen molar-refractivity contribution in [3.05, 3.63) is 54.1 Å². The Morgan fingerprint density at radius 2 is 1.66 bits per heavy atom. The zero-order valence-corrected chi connectivity index (χ0v) is 21.0. The molecular weight excluding hydrogens is 498 g/mol.